The van der Waals surface area contributed by atoms with Crippen molar-refractivity contribution in [3.8, 4) is 11.5 Å². The zero-order chi connectivity index (χ0) is 15.9. The fraction of sp³-hybridized carbons (Fsp3) is 0.125. The third-order valence-corrected chi connectivity index (χ3v) is 3.79. The van der Waals surface area contributed by atoms with Crippen molar-refractivity contribution in [1.29, 1.82) is 0 Å². The molecule has 0 saturated heterocycles. The monoisotopic (exact) mass is 411 g/mol. The van der Waals surface area contributed by atoms with Crippen molar-refractivity contribution in [2.24, 2.45) is 0 Å². The van der Waals surface area contributed by atoms with Crippen molar-refractivity contribution in [1.82, 2.24) is 0 Å². The van der Waals surface area contributed by atoms with E-state index in [0.717, 1.165) is 9.26 Å². The third-order valence-electron chi connectivity index (χ3n) is 2.85. The Hall–Kier alpha value is -2.09. The van der Waals surface area contributed by atoms with Crippen LogP contribution in [0.5, 0.6) is 11.5 Å². The zero-order valence-electron chi connectivity index (χ0n) is 11.8. The van der Waals surface area contributed by atoms with Gasteiger partial charge in [0.25, 0.3) is 5.91 Å². The second-order valence-electron chi connectivity index (χ2n) is 4.34. The van der Waals surface area contributed by atoms with Crippen molar-refractivity contribution in [3.05, 3.63) is 51.6 Å². The van der Waals surface area contributed by atoms with Gasteiger partial charge in [-0.2, -0.15) is 0 Å². The van der Waals surface area contributed by atoms with Gasteiger partial charge in [-0.15, -0.1) is 0 Å². The topological polar surface area (TPSA) is 64.6 Å². The summed E-state index contributed by atoms with van der Waals surface area (Å²) in [7, 11) is 1.51. The number of para-hydroxylation sites is 1. The highest BCUT2D eigenvalue weighted by atomic mass is 127. The third kappa shape index (κ3) is 4.20. The van der Waals surface area contributed by atoms with E-state index in [2.05, 4.69) is 27.9 Å². The number of anilines is 1. The number of methoxy groups -OCH3 is 1. The summed E-state index contributed by atoms with van der Waals surface area (Å²) in [6.45, 7) is -0.182. The molecule has 0 aromatic heterocycles. The first kappa shape index (κ1) is 16.3. The molecule has 0 saturated carbocycles. The Morgan fingerprint density at radius 3 is 2.73 bits per heavy atom. The lowest BCUT2D eigenvalue weighted by Crippen LogP contribution is -2.21. The number of benzene rings is 2. The summed E-state index contributed by atoms with van der Waals surface area (Å²) < 4.78 is 11.4. The van der Waals surface area contributed by atoms with E-state index in [1.54, 1.807) is 18.2 Å². The molecular weight excluding hydrogens is 397 g/mol. The van der Waals surface area contributed by atoms with Crippen LogP contribution in [0.2, 0.25) is 0 Å². The van der Waals surface area contributed by atoms with E-state index in [1.807, 2.05) is 24.3 Å². The molecule has 2 rings (SSSR count). The molecule has 0 aliphatic heterocycles. The van der Waals surface area contributed by atoms with E-state index in [-0.39, 0.29) is 12.5 Å². The quantitative estimate of drug-likeness (QED) is 0.586. The van der Waals surface area contributed by atoms with Crippen LogP contribution in [0.4, 0.5) is 5.69 Å². The molecule has 22 heavy (non-hydrogen) atoms. The first-order chi connectivity index (χ1) is 10.6. The van der Waals surface area contributed by atoms with Gasteiger partial charge in [0.05, 0.1) is 18.4 Å². The number of aldehydes is 1. The van der Waals surface area contributed by atoms with Crippen LogP contribution < -0.4 is 14.8 Å². The number of nitrogens with one attached hydrogen (secondary N) is 1. The minimum Gasteiger partial charge on any atom is -0.497 e. The van der Waals surface area contributed by atoms with Crippen LogP contribution >= 0.6 is 22.6 Å². The largest absolute Gasteiger partial charge is 0.497 e. The zero-order valence-corrected chi connectivity index (χ0v) is 14.0. The van der Waals surface area contributed by atoms with E-state index in [0.29, 0.717) is 23.3 Å². The summed E-state index contributed by atoms with van der Waals surface area (Å²) in [5.41, 5.74) is 1.06. The summed E-state index contributed by atoms with van der Waals surface area (Å²) in [4.78, 5) is 22.9. The Balaban J connectivity index is 1.99. The van der Waals surface area contributed by atoms with Crippen LogP contribution in [0.25, 0.3) is 0 Å². The van der Waals surface area contributed by atoms with Gasteiger partial charge < -0.3 is 14.8 Å². The minimum absolute atomic E-state index is 0.182. The van der Waals surface area contributed by atoms with E-state index >= 15 is 0 Å². The first-order valence-corrected chi connectivity index (χ1v) is 7.52. The smallest absolute Gasteiger partial charge is 0.262 e. The molecule has 6 heteroatoms. The Morgan fingerprint density at radius 2 is 2.05 bits per heavy atom. The van der Waals surface area contributed by atoms with Crippen molar-refractivity contribution in [2.75, 3.05) is 19.0 Å². The molecule has 0 bridgehead atoms. The Labute approximate surface area is 141 Å². The molecule has 0 aliphatic rings. The average molecular weight is 411 g/mol. The normalized spacial score (nSPS) is 9.91. The van der Waals surface area contributed by atoms with Crippen LogP contribution in [0.15, 0.2) is 42.5 Å². The van der Waals surface area contributed by atoms with Crippen LogP contribution in [0, 0.1) is 3.57 Å². The summed E-state index contributed by atoms with van der Waals surface area (Å²) in [5.74, 6) is 0.600. The molecule has 1 amide bonds. The Morgan fingerprint density at radius 1 is 1.27 bits per heavy atom. The second kappa shape index (κ2) is 7.79. The molecule has 0 atom stereocenters. The predicted molar refractivity (Wildman–Crippen MR) is 91.7 cm³/mol. The van der Waals surface area contributed by atoms with Crippen LogP contribution in [-0.4, -0.2) is 25.9 Å². The van der Waals surface area contributed by atoms with Gasteiger partial charge in [-0.3, -0.25) is 9.59 Å². The van der Waals surface area contributed by atoms with Gasteiger partial charge in [-0.25, -0.2) is 0 Å². The summed E-state index contributed by atoms with van der Waals surface area (Å²) in [5, 5.41) is 2.76. The minimum atomic E-state index is -0.295. The molecule has 0 heterocycles. The lowest BCUT2D eigenvalue weighted by Gasteiger charge is -2.11. The summed E-state index contributed by atoms with van der Waals surface area (Å²) in [6, 6.07) is 12.3. The van der Waals surface area contributed by atoms with E-state index < -0.39 is 0 Å². The fourth-order valence-electron chi connectivity index (χ4n) is 1.77. The van der Waals surface area contributed by atoms with Gasteiger partial charge in [-0.05, 0) is 52.9 Å². The van der Waals surface area contributed by atoms with Gasteiger partial charge >= 0.3 is 0 Å². The molecule has 1 N–H and O–H groups in total. The van der Waals surface area contributed by atoms with Gasteiger partial charge in [0.15, 0.2) is 12.9 Å². The maximum atomic E-state index is 11.9. The van der Waals surface area contributed by atoms with E-state index in [4.69, 9.17) is 9.47 Å². The van der Waals surface area contributed by atoms with Gasteiger partial charge in [-0.1, -0.05) is 12.1 Å². The van der Waals surface area contributed by atoms with E-state index in [1.165, 1.54) is 7.11 Å². The van der Waals surface area contributed by atoms with Crippen molar-refractivity contribution < 1.29 is 19.1 Å². The lowest BCUT2D eigenvalue weighted by atomic mass is 10.2. The number of hydrogen-bond donors (Lipinski definition) is 1. The first-order valence-electron chi connectivity index (χ1n) is 6.44. The number of amides is 1. The van der Waals surface area contributed by atoms with Crippen molar-refractivity contribution >= 4 is 40.5 Å². The van der Waals surface area contributed by atoms with Crippen molar-refractivity contribution in [3.63, 3.8) is 0 Å². The Bertz CT molecular complexity index is 688. The van der Waals surface area contributed by atoms with Crippen LogP contribution in [-0.2, 0) is 4.79 Å². The highest BCUT2D eigenvalue weighted by Crippen LogP contribution is 2.23. The molecule has 5 nitrogen and oxygen atoms in total. The average Bonchev–Trinajstić information content (AvgIpc) is 2.55. The van der Waals surface area contributed by atoms with Gasteiger partial charge in [0.1, 0.15) is 11.5 Å². The SMILES string of the molecule is COc1ccc(OCC(=O)Nc2ccccc2I)c(C=O)c1. The summed E-state index contributed by atoms with van der Waals surface area (Å²) in [6.07, 6.45) is 0.663. The number of ether oxygens (including phenoxy) is 2. The number of carbonyl (C=O) groups excluding carboxylic acids is 2. The molecule has 114 valence electrons. The molecule has 2 aromatic rings. The van der Waals surface area contributed by atoms with Crippen molar-refractivity contribution in [2.45, 2.75) is 0 Å². The molecule has 0 fully saturated rings. The number of rotatable bonds is 6. The molecular formula is C16H14INO4. The number of hydrogen-bond acceptors (Lipinski definition) is 4. The number of carbonyl (C=O) groups is 2. The standard InChI is InChI=1S/C16H14INO4/c1-21-12-6-7-15(11(8-12)9-19)22-10-16(20)18-14-5-3-2-4-13(14)17/h2-9H,10H2,1H3,(H,18,20). The van der Waals surface area contributed by atoms with Gasteiger partial charge in [0, 0.05) is 3.57 Å². The van der Waals surface area contributed by atoms with Crippen LogP contribution in [0.3, 0.4) is 0 Å². The Kier molecular flexibility index (Phi) is 5.76. The second-order valence-corrected chi connectivity index (χ2v) is 5.50. The van der Waals surface area contributed by atoms with E-state index in [9.17, 15) is 9.59 Å². The lowest BCUT2D eigenvalue weighted by molar-refractivity contribution is -0.118. The highest BCUT2D eigenvalue weighted by molar-refractivity contribution is 14.1. The molecule has 0 aliphatic carbocycles. The fourth-order valence-corrected chi connectivity index (χ4v) is 2.29. The predicted octanol–water partition coefficient (Wildman–Crippen LogP) is 3.13. The number of halogens is 1. The molecule has 0 radical (unpaired) electrons. The maximum absolute atomic E-state index is 11.9. The van der Waals surface area contributed by atoms with Crippen LogP contribution in [0.1, 0.15) is 10.4 Å². The summed E-state index contributed by atoms with van der Waals surface area (Å²) >= 11 is 2.14. The maximum Gasteiger partial charge on any atom is 0.262 e. The molecule has 0 unspecified atom stereocenters. The highest BCUT2D eigenvalue weighted by Gasteiger charge is 2.09. The van der Waals surface area contributed by atoms with Gasteiger partial charge in [0.2, 0.25) is 0 Å². The molecule has 0 spiro atoms. The molecule has 2 aromatic carbocycles.